The van der Waals surface area contributed by atoms with Gasteiger partial charge in [-0.15, -0.1) is 0 Å². The molecule has 0 aliphatic heterocycles. The van der Waals surface area contributed by atoms with Gasteiger partial charge in [0.1, 0.15) is 5.58 Å². The molecule has 0 unspecified atom stereocenters. The Morgan fingerprint density at radius 3 is 2.75 bits per heavy atom. The van der Waals surface area contributed by atoms with E-state index in [0.29, 0.717) is 16.3 Å². The topological polar surface area (TPSA) is 68.5 Å². The molecule has 0 radical (unpaired) electrons. The fourth-order valence-corrected chi connectivity index (χ4v) is 2.37. The van der Waals surface area contributed by atoms with Crippen LogP contribution in [0.1, 0.15) is 16.1 Å². The maximum Gasteiger partial charge on any atom is 0.374 e. The summed E-state index contributed by atoms with van der Waals surface area (Å²) in [4.78, 5) is 23.9. The Morgan fingerprint density at radius 2 is 1.96 bits per heavy atom. The summed E-state index contributed by atoms with van der Waals surface area (Å²) in [6.07, 6.45) is 0. The van der Waals surface area contributed by atoms with Gasteiger partial charge in [0, 0.05) is 16.1 Å². The Labute approximate surface area is 143 Å². The molecule has 1 N–H and O–H groups in total. The molecule has 3 rings (SSSR count). The van der Waals surface area contributed by atoms with E-state index in [2.05, 4.69) is 5.32 Å². The fourth-order valence-electron chi connectivity index (χ4n) is 2.20. The van der Waals surface area contributed by atoms with Crippen LogP contribution < -0.4 is 5.32 Å². The van der Waals surface area contributed by atoms with Crippen molar-refractivity contribution in [1.82, 2.24) is 0 Å². The van der Waals surface area contributed by atoms with Gasteiger partial charge in [0.05, 0.1) is 0 Å². The third kappa shape index (κ3) is 3.58. The first-order chi connectivity index (χ1) is 11.5. The number of furan rings is 1. The molecule has 1 aromatic heterocycles. The number of esters is 1. The predicted molar refractivity (Wildman–Crippen MR) is 91.3 cm³/mol. The Bertz CT molecular complexity index is 883. The van der Waals surface area contributed by atoms with Gasteiger partial charge in [-0.1, -0.05) is 35.9 Å². The number of amides is 1. The number of para-hydroxylation sites is 1. The highest BCUT2D eigenvalue weighted by molar-refractivity contribution is 6.31. The molecule has 0 aliphatic rings. The van der Waals surface area contributed by atoms with Gasteiger partial charge in [-0.05, 0) is 36.8 Å². The van der Waals surface area contributed by atoms with Crippen molar-refractivity contribution in [2.75, 3.05) is 11.9 Å². The number of aryl methyl sites for hydroxylation is 1. The van der Waals surface area contributed by atoms with E-state index in [4.69, 9.17) is 20.8 Å². The van der Waals surface area contributed by atoms with Crippen molar-refractivity contribution >= 4 is 40.1 Å². The van der Waals surface area contributed by atoms with Crippen molar-refractivity contribution in [2.24, 2.45) is 0 Å². The van der Waals surface area contributed by atoms with Gasteiger partial charge in [-0.25, -0.2) is 4.79 Å². The zero-order valence-electron chi connectivity index (χ0n) is 12.8. The summed E-state index contributed by atoms with van der Waals surface area (Å²) in [6.45, 7) is 1.42. The Hall–Kier alpha value is -2.79. The van der Waals surface area contributed by atoms with Crippen LogP contribution in [0.25, 0.3) is 11.0 Å². The molecule has 0 atom stereocenters. The molecular formula is C18H14ClNO4. The molecule has 2 aromatic carbocycles. The molecular weight excluding hydrogens is 330 g/mol. The van der Waals surface area contributed by atoms with E-state index in [0.717, 1.165) is 10.9 Å². The van der Waals surface area contributed by atoms with E-state index >= 15 is 0 Å². The van der Waals surface area contributed by atoms with Crippen molar-refractivity contribution < 1.29 is 18.7 Å². The highest BCUT2D eigenvalue weighted by Gasteiger charge is 2.15. The number of fused-ring (bicyclic) bond motifs is 1. The average Bonchev–Trinajstić information content (AvgIpc) is 3.00. The average molecular weight is 344 g/mol. The minimum absolute atomic E-state index is 0.0583. The zero-order chi connectivity index (χ0) is 17.1. The van der Waals surface area contributed by atoms with Gasteiger partial charge < -0.3 is 14.5 Å². The summed E-state index contributed by atoms with van der Waals surface area (Å²) in [5.41, 5.74) is 2.02. The summed E-state index contributed by atoms with van der Waals surface area (Å²) in [6, 6.07) is 14.0. The molecule has 122 valence electrons. The normalized spacial score (nSPS) is 10.6. The molecule has 1 amide bonds. The molecule has 3 aromatic rings. The van der Waals surface area contributed by atoms with Crippen LogP contribution in [-0.2, 0) is 9.53 Å². The van der Waals surface area contributed by atoms with E-state index in [9.17, 15) is 9.59 Å². The maximum atomic E-state index is 12.0. The molecule has 0 saturated carbocycles. The van der Waals surface area contributed by atoms with Crippen molar-refractivity contribution in [3.05, 3.63) is 64.9 Å². The van der Waals surface area contributed by atoms with Gasteiger partial charge in [0.15, 0.2) is 6.61 Å². The monoisotopic (exact) mass is 343 g/mol. The summed E-state index contributed by atoms with van der Waals surface area (Å²) < 4.78 is 10.4. The molecule has 5 nitrogen and oxygen atoms in total. The fraction of sp³-hybridized carbons (Fsp3) is 0.111. The highest BCUT2D eigenvalue weighted by Crippen LogP contribution is 2.21. The Morgan fingerprint density at radius 1 is 1.17 bits per heavy atom. The molecule has 1 heterocycles. The molecule has 0 spiro atoms. The van der Waals surface area contributed by atoms with Gasteiger partial charge in [0.2, 0.25) is 5.76 Å². The number of hydrogen-bond acceptors (Lipinski definition) is 4. The van der Waals surface area contributed by atoms with E-state index in [1.807, 2.05) is 25.1 Å². The minimum atomic E-state index is -0.691. The largest absolute Gasteiger partial charge is 0.450 e. The summed E-state index contributed by atoms with van der Waals surface area (Å²) >= 11 is 5.90. The van der Waals surface area contributed by atoms with E-state index in [-0.39, 0.29) is 5.76 Å². The van der Waals surface area contributed by atoms with Crippen molar-refractivity contribution in [3.8, 4) is 0 Å². The second-order valence-corrected chi connectivity index (χ2v) is 5.67. The van der Waals surface area contributed by atoms with E-state index in [1.54, 1.807) is 30.3 Å². The van der Waals surface area contributed by atoms with Crippen LogP contribution in [0.5, 0.6) is 0 Å². The summed E-state index contributed by atoms with van der Waals surface area (Å²) in [7, 11) is 0. The lowest BCUT2D eigenvalue weighted by molar-refractivity contribution is -0.119. The highest BCUT2D eigenvalue weighted by atomic mass is 35.5. The van der Waals surface area contributed by atoms with Gasteiger partial charge in [-0.2, -0.15) is 0 Å². The maximum absolute atomic E-state index is 12.0. The van der Waals surface area contributed by atoms with E-state index in [1.165, 1.54) is 0 Å². The Balaban J connectivity index is 1.61. The number of halogens is 1. The smallest absolute Gasteiger partial charge is 0.374 e. The third-order valence-corrected chi connectivity index (χ3v) is 3.67. The van der Waals surface area contributed by atoms with Crippen LogP contribution in [0.4, 0.5) is 5.69 Å². The second kappa shape index (κ2) is 6.76. The number of ether oxygens (including phenoxy) is 1. The SMILES string of the molecule is Cc1ccc(Cl)cc1NC(=O)COC(=O)c1cc2ccccc2o1. The van der Waals surface area contributed by atoms with Gasteiger partial charge in [-0.3, -0.25) is 4.79 Å². The summed E-state index contributed by atoms with van der Waals surface area (Å²) in [5, 5.41) is 3.96. The lowest BCUT2D eigenvalue weighted by atomic mass is 10.2. The van der Waals surface area contributed by atoms with Crippen LogP contribution in [0.15, 0.2) is 52.9 Å². The standard InChI is InChI=1S/C18H14ClNO4/c1-11-6-7-13(19)9-14(11)20-17(21)10-23-18(22)16-8-12-4-2-3-5-15(12)24-16/h2-9H,10H2,1H3,(H,20,21). The van der Waals surface area contributed by atoms with Crippen molar-refractivity contribution in [3.63, 3.8) is 0 Å². The number of anilines is 1. The van der Waals surface area contributed by atoms with Crippen molar-refractivity contribution in [1.29, 1.82) is 0 Å². The summed E-state index contributed by atoms with van der Waals surface area (Å²) in [5.74, 6) is -1.09. The van der Waals surface area contributed by atoms with Crippen LogP contribution in [0.2, 0.25) is 5.02 Å². The number of carbonyl (C=O) groups excluding carboxylic acids is 2. The first kappa shape index (κ1) is 16.1. The minimum Gasteiger partial charge on any atom is -0.450 e. The lowest BCUT2D eigenvalue weighted by Crippen LogP contribution is -2.21. The molecule has 0 bridgehead atoms. The number of carbonyl (C=O) groups is 2. The van der Waals surface area contributed by atoms with Crippen LogP contribution in [-0.4, -0.2) is 18.5 Å². The third-order valence-electron chi connectivity index (χ3n) is 3.43. The molecule has 0 fully saturated rings. The number of rotatable bonds is 4. The van der Waals surface area contributed by atoms with Crippen LogP contribution in [0.3, 0.4) is 0 Å². The van der Waals surface area contributed by atoms with Crippen molar-refractivity contribution in [2.45, 2.75) is 6.92 Å². The molecule has 0 aliphatic carbocycles. The molecule has 6 heteroatoms. The molecule has 24 heavy (non-hydrogen) atoms. The first-order valence-electron chi connectivity index (χ1n) is 7.24. The predicted octanol–water partition coefficient (Wildman–Crippen LogP) is 4.19. The van der Waals surface area contributed by atoms with Crippen LogP contribution >= 0.6 is 11.6 Å². The molecule has 0 saturated heterocycles. The van der Waals surface area contributed by atoms with Gasteiger partial charge in [0.25, 0.3) is 5.91 Å². The van der Waals surface area contributed by atoms with Gasteiger partial charge >= 0.3 is 5.97 Å². The number of benzene rings is 2. The number of nitrogens with one attached hydrogen (secondary N) is 1. The zero-order valence-corrected chi connectivity index (χ0v) is 13.6. The van der Waals surface area contributed by atoms with E-state index < -0.39 is 18.5 Å². The quantitative estimate of drug-likeness (QED) is 0.721. The Kier molecular flexibility index (Phi) is 4.53. The van der Waals surface area contributed by atoms with Crippen LogP contribution in [0, 0.1) is 6.92 Å². The second-order valence-electron chi connectivity index (χ2n) is 5.23. The number of hydrogen-bond donors (Lipinski definition) is 1. The first-order valence-corrected chi connectivity index (χ1v) is 7.62. The lowest BCUT2D eigenvalue weighted by Gasteiger charge is -2.08.